The van der Waals surface area contributed by atoms with Crippen LogP contribution in [0.3, 0.4) is 0 Å². The van der Waals surface area contributed by atoms with Gasteiger partial charge < -0.3 is 10.1 Å². The second-order valence-corrected chi connectivity index (χ2v) is 4.30. The number of hydrogen-bond donors (Lipinski definition) is 1. The number of esters is 1. The third kappa shape index (κ3) is 1.72. The quantitative estimate of drug-likeness (QED) is 0.723. The fourth-order valence-corrected chi connectivity index (χ4v) is 2.62. The molecule has 92 valence electrons. The predicted octanol–water partition coefficient (Wildman–Crippen LogP) is 2.00. The molecule has 0 amide bonds. The lowest BCUT2D eigenvalue weighted by Gasteiger charge is -2.33. The summed E-state index contributed by atoms with van der Waals surface area (Å²) in [5, 5.41) is 3.19. The fraction of sp³-hybridized carbons (Fsp3) is 0.417. The molecule has 0 unspecified atom stereocenters. The minimum atomic E-state index is -0.719. The molecule has 3 nitrogen and oxygen atoms in total. The normalized spacial score (nSPS) is 20.6. The van der Waals surface area contributed by atoms with Gasteiger partial charge in [0.05, 0.1) is 5.56 Å². The van der Waals surface area contributed by atoms with E-state index in [4.69, 9.17) is 4.74 Å². The highest BCUT2D eigenvalue weighted by molar-refractivity contribution is 5.94. The van der Waals surface area contributed by atoms with Gasteiger partial charge in [-0.05, 0) is 25.2 Å². The van der Waals surface area contributed by atoms with Crippen LogP contribution in [-0.4, -0.2) is 19.1 Å². The van der Waals surface area contributed by atoms with E-state index in [1.54, 1.807) is 12.1 Å². The van der Waals surface area contributed by atoms with Crippen molar-refractivity contribution >= 4 is 18.4 Å². The van der Waals surface area contributed by atoms with Gasteiger partial charge in [-0.25, -0.2) is 9.18 Å². The number of halogens is 2. The standard InChI is InChI=1S/C12H12FNO2.ClH/c13-9-3-1-2-8-10(9)12(16-11(8)15)4-6-14-7-5-12;/h1-3,14H,4-7H2;1H. The Labute approximate surface area is 105 Å². The Kier molecular flexibility index (Phi) is 3.10. The molecule has 1 fully saturated rings. The van der Waals surface area contributed by atoms with Gasteiger partial charge in [-0.15, -0.1) is 12.4 Å². The summed E-state index contributed by atoms with van der Waals surface area (Å²) in [7, 11) is 0. The van der Waals surface area contributed by atoms with Crippen LogP contribution in [0.4, 0.5) is 4.39 Å². The number of carbonyl (C=O) groups excluding carboxylic acids is 1. The van der Waals surface area contributed by atoms with Crippen molar-refractivity contribution in [1.82, 2.24) is 5.32 Å². The first-order valence-corrected chi connectivity index (χ1v) is 5.46. The molecular weight excluding hydrogens is 245 g/mol. The van der Waals surface area contributed by atoms with Crippen molar-refractivity contribution in [3.63, 3.8) is 0 Å². The summed E-state index contributed by atoms with van der Waals surface area (Å²) >= 11 is 0. The number of benzene rings is 1. The lowest BCUT2D eigenvalue weighted by Crippen LogP contribution is -2.40. The Balaban J connectivity index is 0.00000108. The maximum Gasteiger partial charge on any atom is 0.339 e. The molecule has 5 heteroatoms. The number of hydrogen-bond acceptors (Lipinski definition) is 3. The molecule has 1 saturated heterocycles. The Morgan fingerprint density at radius 1 is 1.29 bits per heavy atom. The summed E-state index contributed by atoms with van der Waals surface area (Å²) in [5.41, 5.74) is 0.131. The second-order valence-electron chi connectivity index (χ2n) is 4.30. The predicted molar refractivity (Wildman–Crippen MR) is 62.8 cm³/mol. The van der Waals surface area contributed by atoms with Gasteiger partial charge in [0.25, 0.3) is 0 Å². The number of nitrogens with one attached hydrogen (secondary N) is 1. The molecule has 3 rings (SSSR count). The van der Waals surface area contributed by atoms with E-state index >= 15 is 0 Å². The van der Waals surface area contributed by atoms with Crippen LogP contribution in [0.25, 0.3) is 0 Å². The lowest BCUT2D eigenvalue weighted by atomic mass is 9.84. The van der Waals surface area contributed by atoms with Crippen LogP contribution in [0, 0.1) is 5.82 Å². The van der Waals surface area contributed by atoms with E-state index in [0.29, 0.717) is 24.0 Å². The van der Waals surface area contributed by atoms with Crippen LogP contribution in [0.1, 0.15) is 28.8 Å². The first-order valence-electron chi connectivity index (χ1n) is 5.46. The number of piperidine rings is 1. The average Bonchev–Trinajstić information content (AvgIpc) is 2.55. The molecule has 0 radical (unpaired) electrons. The smallest absolute Gasteiger partial charge is 0.339 e. The van der Waals surface area contributed by atoms with E-state index in [9.17, 15) is 9.18 Å². The molecule has 2 aliphatic heterocycles. The number of ether oxygens (including phenoxy) is 1. The van der Waals surface area contributed by atoms with Crippen LogP contribution >= 0.6 is 12.4 Å². The number of carbonyl (C=O) groups is 1. The fourth-order valence-electron chi connectivity index (χ4n) is 2.62. The Bertz CT molecular complexity index is 458. The highest BCUT2D eigenvalue weighted by Crippen LogP contribution is 2.43. The van der Waals surface area contributed by atoms with Gasteiger partial charge in [-0.2, -0.15) is 0 Å². The molecule has 17 heavy (non-hydrogen) atoms. The molecule has 1 spiro atoms. The summed E-state index contributed by atoms with van der Waals surface area (Å²) in [5.74, 6) is -0.721. The Morgan fingerprint density at radius 3 is 2.71 bits per heavy atom. The van der Waals surface area contributed by atoms with Crippen molar-refractivity contribution in [2.75, 3.05) is 13.1 Å². The van der Waals surface area contributed by atoms with Gasteiger partial charge in [0, 0.05) is 18.4 Å². The minimum Gasteiger partial charge on any atom is -0.450 e. The van der Waals surface area contributed by atoms with Crippen LogP contribution in [0.5, 0.6) is 0 Å². The minimum absolute atomic E-state index is 0. The first kappa shape index (κ1) is 12.3. The molecular formula is C12H13ClFNO2. The van der Waals surface area contributed by atoms with Gasteiger partial charge >= 0.3 is 5.97 Å². The largest absolute Gasteiger partial charge is 0.450 e. The summed E-state index contributed by atoms with van der Waals surface area (Å²) in [4.78, 5) is 11.7. The van der Waals surface area contributed by atoms with Gasteiger partial charge in [0.2, 0.25) is 0 Å². The maximum atomic E-state index is 13.8. The maximum absolute atomic E-state index is 13.8. The molecule has 1 aromatic rings. The van der Waals surface area contributed by atoms with Crippen molar-refractivity contribution in [2.45, 2.75) is 18.4 Å². The highest BCUT2D eigenvalue weighted by Gasteiger charge is 2.47. The van der Waals surface area contributed by atoms with Gasteiger partial charge in [0.1, 0.15) is 11.4 Å². The van der Waals surface area contributed by atoms with Crippen molar-refractivity contribution in [2.24, 2.45) is 0 Å². The summed E-state index contributed by atoms with van der Waals surface area (Å²) < 4.78 is 19.3. The molecule has 0 saturated carbocycles. The van der Waals surface area contributed by atoms with Crippen LogP contribution < -0.4 is 5.32 Å². The molecule has 1 N–H and O–H groups in total. The highest BCUT2D eigenvalue weighted by atomic mass is 35.5. The zero-order valence-electron chi connectivity index (χ0n) is 9.16. The monoisotopic (exact) mass is 257 g/mol. The third-order valence-electron chi connectivity index (χ3n) is 3.39. The second kappa shape index (κ2) is 4.27. The Morgan fingerprint density at radius 2 is 2.00 bits per heavy atom. The van der Waals surface area contributed by atoms with Gasteiger partial charge in [0.15, 0.2) is 0 Å². The van der Waals surface area contributed by atoms with E-state index in [1.165, 1.54) is 6.07 Å². The molecule has 1 aromatic carbocycles. The van der Waals surface area contributed by atoms with Crippen LogP contribution in [-0.2, 0) is 10.3 Å². The number of rotatable bonds is 0. The van der Waals surface area contributed by atoms with Crippen LogP contribution in [0.15, 0.2) is 18.2 Å². The lowest BCUT2D eigenvalue weighted by molar-refractivity contribution is -0.0255. The summed E-state index contributed by atoms with van der Waals surface area (Å²) in [6, 6.07) is 4.58. The van der Waals surface area contributed by atoms with Crippen LogP contribution in [0.2, 0.25) is 0 Å². The first-order chi connectivity index (χ1) is 7.73. The van der Waals surface area contributed by atoms with E-state index in [0.717, 1.165) is 13.1 Å². The summed E-state index contributed by atoms with van der Waals surface area (Å²) in [6.07, 6.45) is 1.29. The molecule has 0 atom stereocenters. The van der Waals surface area contributed by atoms with Crippen molar-refractivity contribution in [3.8, 4) is 0 Å². The van der Waals surface area contributed by atoms with Crippen molar-refractivity contribution < 1.29 is 13.9 Å². The zero-order valence-corrected chi connectivity index (χ0v) is 9.98. The van der Waals surface area contributed by atoms with Crippen molar-refractivity contribution in [3.05, 3.63) is 35.1 Å². The molecule has 0 aliphatic carbocycles. The van der Waals surface area contributed by atoms with E-state index < -0.39 is 11.6 Å². The zero-order chi connectivity index (χ0) is 11.2. The van der Waals surface area contributed by atoms with E-state index in [2.05, 4.69) is 5.32 Å². The third-order valence-corrected chi connectivity index (χ3v) is 3.39. The van der Waals surface area contributed by atoms with Crippen molar-refractivity contribution in [1.29, 1.82) is 0 Å². The number of fused-ring (bicyclic) bond motifs is 2. The van der Waals surface area contributed by atoms with Gasteiger partial charge in [-0.1, -0.05) is 6.07 Å². The SMILES string of the molecule is Cl.O=C1OC2(CCNCC2)c2c(F)cccc21. The molecule has 2 aliphatic rings. The van der Waals surface area contributed by atoms with E-state index in [-0.39, 0.29) is 18.2 Å². The Hall–Kier alpha value is -1.13. The average molecular weight is 258 g/mol. The van der Waals surface area contributed by atoms with E-state index in [1.807, 2.05) is 0 Å². The topological polar surface area (TPSA) is 38.3 Å². The van der Waals surface area contributed by atoms with Gasteiger partial charge in [-0.3, -0.25) is 0 Å². The summed E-state index contributed by atoms with van der Waals surface area (Å²) in [6.45, 7) is 1.50. The molecule has 0 aromatic heterocycles. The molecule has 2 heterocycles. The molecule has 0 bridgehead atoms.